The number of carbonyl (C=O) groups is 2. The van der Waals surface area contributed by atoms with Crippen molar-refractivity contribution in [3.05, 3.63) is 40.8 Å². The van der Waals surface area contributed by atoms with Gasteiger partial charge in [-0.15, -0.1) is 11.3 Å². The maximum atomic E-state index is 12.4. The van der Waals surface area contributed by atoms with Crippen LogP contribution in [-0.4, -0.2) is 50.7 Å². The highest BCUT2D eigenvalue weighted by atomic mass is 32.1. The summed E-state index contributed by atoms with van der Waals surface area (Å²) in [6, 6.07) is 11.7. The van der Waals surface area contributed by atoms with Crippen molar-refractivity contribution < 1.29 is 14.3 Å². The van der Waals surface area contributed by atoms with E-state index in [9.17, 15) is 14.9 Å². The van der Waals surface area contributed by atoms with E-state index in [1.807, 2.05) is 30.3 Å². The van der Waals surface area contributed by atoms with Crippen LogP contribution >= 0.6 is 11.3 Å². The van der Waals surface area contributed by atoms with E-state index < -0.39 is 12.1 Å². The number of rotatable bonds is 5. The normalized spacial score (nSPS) is 19.7. The Bertz CT molecular complexity index is 989. The number of nitrogens with zero attached hydrogens (tertiary/aromatic N) is 2. The Balaban J connectivity index is 1.42. The van der Waals surface area contributed by atoms with E-state index in [1.54, 1.807) is 23.3 Å². The maximum Gasteiger partial charge on any atom is 0.251 e. The molecule has 1 aromatic carbocycles. The summed E-state index contributed by atoms with van der Waals surface area (Å²) in [5.41, 5.74) is 3.04. The quantitative estimate of drug-likeness (QED) is 0.764. The molecule has 2 amide bonds. The van der Waals surface area contributed by atoms with E-state index in [0.29, 0.717) is 26.0 Å². The van der Waals surface area contributed by atoms with Crippen molar-refractivity contribution in [2.45, 2.75) is 31.4 Å². The summed E-state index contributed by atoms with van der Waals surface area (Å²) in [4.78, 5) is 28.1. The molecule has 2 atom stereocenters. The molecule has 4 rings (SSSR count). The number of amides is 2. The van der Waals surface area contributed by atoms with Gasteiger partial charge in [-0.1, -0.05) is 12.1 Å². The Morgan fingerprint density at radius 3 is 3.13 bits per heavy atom. The summed E-state index contributed by atoms with van der Waals surface area (Å²) < 4.78 is 5.57. The molecule has 2 N–H and O–H groups in total. The Morgan fingerprint density at radius 1 is 1.43 bits per heavy atom. The van der Waals surface area contributed by atoms with Crippen molar-refractivity contribution in [3.8, 4) is 16.5 Å². The molecular weight excluding hydrogens is 400 g/mol. The van der Waals surface area contributed by atoms with E-state index in [1.165, 1.54) is 0 Å². The predicted octanol–water partition coefficient (Wildman–Crippen LogP) is 1.86. The minimum Gasteiger partial charge on any atom is -0.367 e. The number of nitriles is 1. The van der Waals surface area contributed by atoms with Gasteiger partial charge in [0.1, 0.15) is 12.1 Å². The Labute approximate surface area is 179 Å². The third-order valence-corrected chi connectivity index (χ3v) is 6.58. The van der Waals surface area contributed by atoms with Crippen molar-refractivity contribution >= 4 is 28.8 Å². The first-order chi connectivity index (χ1) is 14.5. The lowest BCUT2D eigenvalue weighted by Crippen LogP contribution is -2.46. The zero-order chi connectivity index (χ0) is 21.1. The molecule has 8 heteroatoms. The largest absolute Gasteiger partial charge is 0.367 e. The van der Waals surface area contributed by atoms with Crippen LogP contribution in [0.5, 0.6) is 0 Å². The lowest BCUT2D eigenvalue weighted by molar-refractivity contribution is -0.132. The molecule has 3 heterocycles. The van der Waals surface area contributed by atoms with Gasteiger partial charge in [0, 0.05) is 42.1 Å². The number of benzene rings is 1. The Hall–Kier alpha value is -2.73. The van der Waals surface area contributed by atoms with Gasteiger partial charge in [-0.05, 0) is 42.3 Å². The molecule has 0 spiro atoms. The predicted molar refractivity (Wildman–Crippen MR) is 115 cm³/mol. The van der Waals surface area contributed by atoms with Crippen LogP contribution in [0.25, 0.3) is 10.4 Å². The summed E-state index contributed by atoms with van der Waals surface area (Å²) in [5.74, 6) is -0.145. The first kappa shape index (κ1) is 20.5. The van der Waals surface area contributed by atoms with Gasteiger partial charge in [-0.3, -0.25) is 9.59 Å². The van der Waals surface area contributed by atoms with Gasteiger partial charge in [0.05, 0.1) is 12.5 Å². The molecule has 156 valence electrons. The highest BCUT2D eigenvalue weighted by molar-refractivity contribution is 7.15. The van der Waals surface area contributed by atoms with Gasteiger partial charge in [0.25, 0.3) is 5.91 Å². The van der Waals surface area contributed by atoms with Gasteiger partial charge in [-0.2, -0.15) is 5.26 Å². The third kappa shape index (κ3) is 4.38. The highest BCUT2D eigenvalue weighted by Gasteiger charge is 2.25. The topological polar surface area (TPSA) is 94.5 Å². The van der Waals surface area contributed by atoms with Crippen molar-refractivity contribution in [1.82, 2.24) is 10.6 Å². The highest BCUT2D eigenvalue weighted by Crippen LogP contribution is 2.35. The number of anilines is 1. The number of ether oxygens (including phenoxy) is 1. The summed E-state index contributed by atoms with van der Waals surface area (Å²) in [5, 5.41) is 15.5. The van der Waals surface area contributed by atoms with E-state index >= 15 is 0 Å². The van der Waals surface area contributed by atoms with E-state index in [-0.39, 0.29) is 11.8 Å². The van der Waals surface area contributed by atoms with Crippen LogP contribution in [0.1, 0.15) is 16.9 Å². The molecule has 2 aliphatic rings. The molecule has 1 aromatic heterocycles. The summed E-state index contributed by atoms with van der Waals surface area (Å²) >= 11 is 1.59. The zero-order valence-electron chi connectivity index (χ0n) is 16.8. The molecule has 7 nitrogen and oxygen atoms in total. The molecular formula is C22H24N4O3S. The van der Waals surface area contributed by atoms with Crippen molar-refractivity contribution in [1.29, 1.82) is 5.26 Å². The molecule has 1 saturated heterocycles. The number of hydrogen-bond donors (Lipinski definition) is 2. The molecule has 2 aliphatic heterocycles. The van der Waals surface area contributed by atoms with Crippen LogP contribution in [0.2, 0.25) is 0 Å². The molecule has 0 aliphatic carbocycles. The van der Waals surface area contributed by atoms with Crippen molar-refractivity contribution in [2.75, 3.05) is 31.6 Å². The van der Waals surface area contributed by atoms with E-state index in [2.05, 4.69) is 16.7 Å². The number of nitrogens with one attached hydrogen (secondary N) is 2. The van der Waals surface area contributed by atoms with Crippen LogP contribution in [-0.2, 0) is 27.2 Å². The van der Waals surface area contributed by atoms with Crippen LogP contribution in [0.4, 0.5) is 5.69 Å². The fraction of sp³-hybridized carbons (Fsp3) is 0.409. The lowest BCUT2D eigenvalue weighted by atomic mass is 10.1. The fourth-order valence-electron chi connectivity index (χ4n) is 3.72. The molecule has 0 bridgehead atoms. The first-order valence-corrected chi connectivity index (χ1v) is 10.9. The van der Waals surface area contributed by atoms with Crippen molar-refractivity contribution in [3.63, 3.8) is 0 Å². The van der Waals surface area contributed by atoms with Gasteiger partial charge < -0.3 is 20.3 Å². The smallest absolute Gasteiger partial charge is 0.251 e. The Kier molecular flexibility index (Phi) is 6.13. The average Bonchev–Trinajstić information content (AvgIpc) is 3.19. The van der Waals surface area contributed by atoms with Crippen molar-refractivity contribution in [2.24, 2.45) is 0 Å². The van der Waals surface area contributed by atoms with Gasteiger partial charge in [0.15, 0.2) is 0 Å². The third-order valence-electron chi connectivity index (χ3n) is 5.43. The second-order valence-corrected chi connectivity index (χ2v) is 8.72. The number of fused-ring (bicyclic) bond motifs is 1. The molecule has 0 saturated carbocycles. The summed E-state index contributed by atoms with van der Waals surface area (Å²) in [7, 11) is 1.80. The number of likely N-dealkylation sites (N-methyl/N-ethyl adjacent to an activating group) is 1. The fourth-order valence-corrected chi connectivity index (χ4v) is 4.76. The van der Waals surface area contributed by atoms with Gasteiger partial charge in [0.2, 0.25) is 5.91 Å². The van der Waals surface area contributed by atoms with E-state index in [0.717, 1.165) is 39.5 Å². The molecule has 2 aromatic rings. The number of carbonyl (C=O) groups excluding carboxylic acids is 2. The average molecular weight is 425 g/mol. The van der Waals surface area contributed by atoms with E-state index in [4.69, 9.17) is 4.74 Å². The monoisotopic (exact) mass is 424 g/mol. The minimum atomic E-state index is -0.611. The van der Waals surface area contributed by atoms with Crippen LogP contribution in [0.15, 0.2) is 30.3 Å². The summed E-state index contributed by atoms with van der Waals surface area (Å²) in [6.45, 7) is 1.83. The second-order valence-electron chi connectivity index (χ2n) is 7.55. The van der Waals surface area contributed by atoms with Crippen LogP contribution in [0, 0.1) is 11.3 Å². The molecule has 1 unspecified atom stereocenters. The van der Waals surface area contributed by atoms with Gasteiger partial charge >= 0.3 is 0 Å². The molecule has 1 fully saturated rings. The standard InChI is InChI=1S/C22H24N4O3S/c1-26-18-9-15(4-3-14(18)10-21(26)27)20-6-5-17(30-20)11-16(12-23)25-22(28)19-13-24-7-2-8-29-19/h3-6,9,16,19,24H,2,7-8,10-11,13H2,1H3,(H,25,28)/t16?,19-/m0/s1. The zero-order valence-corrected chi connectivity index (χ0v) is 17.6. The number of thiophene rings is 1. The summed E-state index contributed by atoms with van der Waals surface area (Å²) in [6.07, 6.45) is 1.20. The van der Waals surface area contributed by atoms with Crippen LogP contribution in [0.3, 0.4) is 0 Å². The SMILES string of the molecule is CN1C(=O)Cc2ccc(-c3ccc(CC(C#N)NC(=O)[C@@H]4CNCCCO4)s3)cc21. The lowest BCUT2D eigenvalue weighted by Gasteiger charge is -2.17. The second kappa shape index (κ2) is 8.96. The van der Waals surface area contributed by atoms with Crippen LogP contribution < -0.4 is 15.5 Å². The molecule has 0 radical (unpaired) electrons. The minimum absolute atomic E-state index is 0.106. The Morgan fingerprint density at radius 2 is 2.30 bits per heavy atom. The van der Waals surface area contributed by atoms with Gasteiger partial charge in [-0.25, -0.2) is 0 Å². The number of hydrogen-bond acceptors (Lipinski definition) is 6. The maximum absolute atomic E-state index is 12.4. The first-order valence-electron chi connectivity index (χ1n) is 10.1. The molecule has 30 heavy (non-hydrogen) atoms.